The van der Waals surface area contributed by atoms with E-state index in [2.05, 4.69) is 47.4 Å². The molecule has 0 bridgehead atoms. The molecule has 0 saturated heterocycles. The van der Waals surface area contributed by atoms with Crippen molar-refractivity contribution in [2.24, 2.45) is 0 Å². The maximum atomic E-state index is 4.59. The Bertz CT molecular complexity index is 729. The number of aryl methyl sites for hydroxylation is 1. The van der Waals surface area contributed by atoms with E-state index in [0.717, 1.165) is 37.1 Å². The fourth-order valence-electron chi connectivity index (χ4n) is 2.36. The van der Waals surface area contributed by atoms with E-state index < -0.39 is 0 Å². The zero-order valence-electron chi connectivity index (χ0n) is 12.5. The van der Waals surface area contributed by atoms with Gasteiger partial charge in [0, 0.05) is 27.9 Å². The highest BCUT2D eigenvalue weighted by molar-refractivity contribution is 7.11. The highest BCUT2D eigenvalue weighted by Gasteiger charge is 2.07. The van der Waals surface area contributed by atoms with Crippen molar-refractivity contribution in [3.05, 3.63) is 45.9 Å². The first kappa shape index (κ1) is 14.2. The van der Waals surface area contributed by atoms with E-state index in [1.165, 1.54) is 15.3 Å². The molecule has 0 aliphatic heterocycles. The van der Waals surface area contributed by atoms with E-state index in [4.69, 9.17) is 0 Å². The van der Waals surface area contributed by atoms with Gasteiger partial charge in [0.05, 0.1) is 12.7 Å². The van der Waals surface area contributed by atoms with Crippen molar-refractivity contribution < 1.29 is 0 Å². The first-order chi connectivity index (χ1) is 10.3. The molecule has 3 aromatic heterocycles. The summed E-state index contributed by atoms with van der Waals surface area (Å²) in [6.07, 6.45) is 5.00. The Balaban J connectivity index is 1.79. The fraction of sp³-hybridized carbons (Fsp3) is 0.375. The second-order valence-electron chi connectivity index (χ2n) is 5.25. The molecule has 0 spiro atoms. The molecule has 0 saturated carbocycles. The van der Waals surface area contributed by atoms with Crippen molar-refractivity contribution in [2.45, 2.75) is 33.4 Å². The lowest BCUT2D eigenvalue weighted by Gasteiger charge is -2.04. The van der Waals surface area contributed by atoms with Crippen LogP contribution >= 0.6 is 11.3 Å². The smallest absolute Gasteiger partial charge is 0.158 e. The van der Waals surface area contributed by atoms with Gasteiger partial charge in [-0.25, -0.2) is 9.67 Å². The van der Waals surface area contributed by atoms with Crippen LogP contribution in [-0.4, -0.2) is 21.3 Å². The van der Waals surface area contributed by atoms with Crippen LogP contribution in [0.4, 0.5) is 0 Å². The molecule has 4 nitrogen and oxygen atoms in total. The third-order valence-corrected chi connectivity index (χ3v) is 4.38. The summed E-state index contributed by atoms with van der Waals surface area (Å²) in [5, 5.41) is 8.99. The summed E-state index contributed by atoms with van der Waals surface area (Å²) in [6.45, 7) is 7.00. The van der Waals surface area contributed by atoms with Gasteiger partial charge in [-0.15, -0.1) is 11.3 Å². The zero-order valence-corrected chi connectivity index (χ0v) is 13.3. The van der Waals surface area contributed by atoms with Crippen LogP contribution in [0.1, 0.15) is 28.7 Å². The second-order valence-corrected chi connectivity index (χ2v) is 6.62. The summed E-state index contributed by atoms with van der Waals surface area (Å²) in [6, 6.07) is 6.49. The van der Waals surface area contributed by atoms with Crippen LogP contribution in [0.15, 0.2) is 30.6 Å². The van der Waals surface area contributed by atoms with Gasteiger partial charge in [0.25, 0.3) is 0 Å². The molecule has 0 atom stereocenters. The molecule has 0 fully saturated rings. The second kappa shape index (κ2) is 6.37. The number of pyridine rings is 1. The van der Waals surface area contributed by atoms with E-state index in [0.29, 0.717) is 0 Å². The number of fused-ring (bicyclic) bond motifs is 1. The van der Waals surface area contributed by atoms with Crippen LogP contribution < -0.4 is 5.32 Å². The predicted octanol–water partition coefficient (Wildman–Crippen LogP) is 3.35. The minimum Gasteiger partial charge on any atom is -0.313 e. The van der Waals surface area contributed by atoms with Gasteiger partial charge in [0.1, 0.15) is 0 Å². The van der Waals surface area contributed by atoms with Crippen LogP contribution in [0.3, 0.4) is 0 Å². The molecular weight excluding hydrogens is 280 g/mol. The third kappa shape index (κ3) is 3.31. The van der Waals surface area contributed by atoms with Crippen LogP contribution in [-0.2, 0) is 13.1 Å². The van der Waals surface area contributed by atoms with E-state index in [1.807, 2.05) is 28.4 Å². The summed E-state index contributed by atoms with van der Waals surface area (Å²) in [5.41, 5.74) is 2.17. The Labute approximate surface area is 128 Å². The van der Waals surface area contributed by atoms with Crippen LogP contribution in [0.2, 0.25) is 0 Å². The molecule has 0 aliphatic carbocycles. The Morgan fingerprint density at radius 3 is 2.95 bits per heavy atom. The molecule has 0 aliphatic rings. The van der Waals surface area contributed by atoms with Gasteiger partial charge < -0.3 is 5.32 Å². The van der Waals surface area contributed by atoms with Gasteiger partial charge in [-0.3, -0.25) is 0 Å². The number of rotatable bonds is 6. The fourth-order valence-corrected chi connectivity index (χ4v) is 3.23. The number of aromatic nitrogens is 3. The van der Waals surface area contributed by atoms with E-state index in [1.54, 1.807) is 0 Å². The SMILES string of the molecule is CCCNCc1cnc2c(cnn2Cc2ccc(C)s2)c1. The van der Waals surface area contributed by atoms with E-state index >= 15 is 0 Å². The van der Waals surface area contributed by atoms with E-state index in [-0.39, 0.29) is 0 Å². The molecule has 3 rings (SSSR count). The van der Waals surface area contributed by atoms with Crippen molar-refractivity contribution in [3.63, 3.8) is 0 Å². The Kier molecular flexibility index (Phi) is 4.31. The Hall–Kier alpha value is -1.72. The van der Waals surface area contributed by atoms with Crippen molar-refractivity contribution in [3.8, 4) is 0 Å². The third-order valence-electron chi connectivity index (χ3n) is 3.39. The highest BCUT2D eigenvalue weighted by atomic mass is 32.1. The maximum Gasteiger partial charge on any atom is 0.158 e. The van der Waals surface area contributed by atoms with Crippen molar-refractivity contribution in [1.29, 1.82) is 0 Å². The molecule has 5 heteroatoms. The first-order valence-corrected chi connectivity index (χ1v) is 8.14. The molecule has 3 heterocycles. The van der Waals surface area contributed by atoms with Gasteiger partial charge in [-0.05, 0) is 43.7 Å². The van der Waals surface area contributed by atoms with Crippen molar-refractivity contribution in [1.82, 2.24) is 20.1 Å². The Morgan fingerprint density at radius 1 is 1.29 bits per heavy atom. The monoisotopic (exact) mass is 300 g/mol. The molecule has 110 valence electrons. The standard InChI is InChI=1S/C16H20N4S/c1-3-6-17-8-13-7-14-10-19-20(16(14)18-9-13)11-15-5-4-12(2)21-15/h4-5,7,9-10,17H,3,6,8,11H2,1-2H3. The van der Waals surface area contributed by atoms with Gasteiger partial charge in [-0.2, -0.15) is 5.10 Å². The minimum absolute atomic E-state index is 0.794. The molecular formula is C16H20N4S. The zero-order chi connectivity index (χ0) is 14.7. The number of nitrogens with one attached hydrogen (secondary N) is 1. The topological polar surface area (TPSA) is 42.7 Å². The van der Waals surface area contributed by atoms with Crippen LogP contribution in [0.5, 0.6) is 0 Å². The highest BCUT2D eigenvalue weighted by Crippen LogP contribution is 2.19. The summed E-state index contributed by atoms with van der Waals surface area (Å²) < 4.78 is 1.98. The average Bonchev–Trinajstić information content (AvgIpc) is 3.06. The van der Waals surface area contributed by atoms with Crippen LogP contribution in [0.25, 0.3) is 11.0 Å². The van der Waals surface area contributed by atoms with Crippen molar-refractivity contribution in [2.75, 3.05) is 6.54 Å². The number of hydrogen-bond acceptors (Lipinski definition) is 4. The summed E-state index contributed by atoms with van der Waals surface area (Å²) in [5.74, 6) is 0. The number of hydrogen-bond donors (Lipinski definition) is 1. The molecule has 0 radical (unpaired) electrons. The summed E-state index contributed by atoms with van der Waals surface area (Å²) in [7, 11) is 0. The average molecular weight is 300 g/mol. The van der Waals surface area contributed by atoms with Gasteiger partial charge in [-0.1, -0.05) is 6.92 Å². The normalized spacial score (nSPS) is 11.3. The first-order valence-electron chi connectivity index (χ1n) is 7.32. The minimum atomic E-state index is 0.794. The lowest BCUT2D eigenvalue weighted by molar-refractivity contribution is 0.674. The largest absolute Gasteiger partial charge is 0.313 e. The summed E-state index contributed by atoms with van der Waals surface area (Å²) >= 11 is 1.81. The lowest BCUT2D eigenvalue weighted by atomic mass is 10.2. The van der Waals surface area contributed by atoms with Crippen LogP contribution in [0, 0.1) is 6.92 Å². The van der Waals surface area contributed by atoms with Gasteiger partial charge in [0.15, 0.2) is 5.65 Å². The number of thiophene rings is 1. The maximum absolute atomic E-state index is 4.59. The molecule has 0 aromatic carbocycles. The predicted molar refractivity (Wildman–Crippen MR) is 87.7 cm³/mol. The molecule has 21 heavy (non-hydrogen) atoms. The lowest BCUT2D eigenvalue weighted by Crippen LogP contribution is -2.13. The molecule has 0 unspecified atom stereocenters. The molecule has 3 aromatic rings. The summed E-state index contributed by atoms with van der Waals surface area (Å²) in [4.78, 5) is 7.23. The van der Waals surface area contributed by atoms with Gasteiger partial charge >= 0.3 is 0 Å². The molecule has 1 N–H and O–H groups in total. The van der Waals surface area contributed by atoms with E-state index in [9.17, 15) is 0 Å². The quantitative estimate of drug-likeness (QED) is 0.710. The van der Waals surface area contributed by atoms with Crippen molar-refractivity contribution >= 4 is 22.4 Å². The molecule has 0 amide bonds. The number of nitrogens with zero attached hydrogens (tertiary/aromatic N) is 3. The Morgan fingerprint density at radius 2 is 2.19 bits per heavy atom. The van der Waals surface area contributed by atoms with Gasteiger partial charge in [0.2, 0.25) is 0 Å².